The van der Waals surface area contributed by atoms with Crippen LogP contribution in [0, 0.1) is 0 Å². The summed E-state index contributed by atoms with van der Waals surface area (Å²) in [5.41, 5.74) is 1.16. The number of aromatic nitrogens is 1. The van der Waals surface area contributed by atoms with Crippen molar-refractivity contribution in [2.24, 2.45) is 0 Å². The molecule has 0 spiro atoms. The van der Waals surface area contributed by atoms with Crippen LogP contribution in [0.3, 0.4) is 0 Å². The lowest BCUT2D eigenvalue weighted by Crippen LogP contribution is -2.28. The molecule has 2 N–H and O–H groups in total. The van der Waals surface area contributed by atoms with Gasteiger partial charge in [0.2, 0.25) is 0 Å². The van der Waals surface area contributed by atoms with Crippen LogP contribution in [-0.4, -0.2) is 35.8 Å². The number of aliphatic hydroxyl groups is 1. The maximum atomic E-state index is 9.07. The van der Waals surface area contributed by atoms with Crippen LogP contribution in [0.4, 0.5) is 11.5 Å². The molecule has 1 fully saturated rings. The fourth-order valence-electron chi connectivity index (χ4n) is 1.89. The molecule has 0 unspecified atom stereocenters. The van der Waals surface area contributed by atoms with Gasteiger partial charge in [-0.15, -0.1) is 0 Å². The number of anilines is 2. The summed E-state index contributed by atoms with van der Waals surface area (Å²) in [6, 6.07) is 4.68. The Labute approximate surface area is 96.3 Å². The van der Waals surface area contributed by atoms with Gasteiger partial charge in [0.05, 0.1) is 6.61 Å². The van der Waals surface area contributed by atoms with Crippen molar-refractivity contribution in [1.29, 1.82) is 0 Å². The highest BCUT2D eigenvalue weighted by molar-refractivity contribution is 5.55. The number of hydrogen-bond acceptors (Lipinski definition) is 4. The van der Waals surface area contributed by atoms with Crippen LogP contribution in [0.25, 0.3) is 0 Å². The van der Waals surface area contributed by atoms with E-state index in [0.29, 0.717) is 12.6 Å². The van der Waals surface area contributed by atoms with Gasteiger partial charge >= 0.3 is 0 Å². The number of nitrogens with one attached hydrogen (secondary N) is 1. The van der Waals surface area contributed by atoms with E-state index in [0.717, 1.165) is 18.1 Å². The zero-order valence-corrected chi connectivity index (χ0v) is 9.69. The lowest BCUT2D eigenvalue weighted by molar-refractivity contribution is 0.301. The highest BCUT2D eigenvalue weighted by Gasteiger charge is 2.28. The monoisotopic (exact) mass is 221 g/mol. The average molecular weight is 221 g/mol. The van der Waals surface area contributed by atoms with Gasteiger partial charge in [0, 0.05) is 37.1 Å². The number of hydrogen-bond donors (Lipinski definition) is 2. The maximum Gasteiger partial charge on any atom is 0.127 e. The summed E-state index contributed by atoms with van der Waals surface area (Å²) in [6.07, 6.45) is 4.29. The first kappa shape index (κ1) is 11.2. The van der Waals surface area contributed by atoms with Gasteiger partial charge < -0.3 is 15.3 Å². The Bertz CT molecular complexity index is 339. The van der Waals surface area contributed by atoms with Crippen LogP contribution in [0.1, 0.15) is 19.8 Å². The molecule has 2 rings (SSSR count). The largest absolute Gasteiger partial charge is 0.395 e. The zero-order chi connectivity index (χ0) is 11.4. The molecule has 4 heteroatoms. The van der Waals surface area contributed by atoms with Crippen molar-refractivity contribution in [2.45, 2.75) is 25.8 Å². The molecule has 0 bridgehead atoms. The van der Waals surface area contributed by atoms with E-state index < -0.39 is 0 Å². The summed E-state index contributed by atoms with van der Waals surface area (Å²) in [5.74, 6) is 0.906. The average Bonchev–Trinajstić information content (AvgIpc) is 3.11. The second kappa shape index (κ2) is 5.16. The Morgan fingerprint density at radius 3 is 3.00 bits per heavy atom. The van der Waals surface area contributed by atoms with Crippen molar-refractivity contribution in [1.82, 2.24) is 4.98 Å². The smallest absolute Gasteiger partial charge is 0.127 e. The maximum absolute atomic E-state index is 9.07. The predicted octanol–water partition coefficient (Wildman–Crippen LogP) is 1.47. The van der Waals surface area contributed by atoms with Crippen LogP contribution in [-0.2, 0) is 0 Å². The zero-order valence-electron chi connectivity index (χ0n) is 9.69. The summed E-state index contributed by atoms with van der Waals surface area (Å²) in [4.78, 5) is 6.52. The molecule has 1 saturated carbocycles. The second-order valence-corrected chi connectivity index (χ2v) is 4.08. The second-order valence-electron chi connectivity index (χ2n) is 4.08. The van der Waals surface area contributed by atoms with E-state index in [1.54, 1.807) is 0 Å². The van der Waals surface area contributed by atoms with Gasteiger partial charge in [-0.2, -0.15) is 0 Å². The topological polar surface area (TPSA) is 48.4 Å². The quantitative estimate of drug-likeness (QED) is 0.764. The third kappa shape index (κ3) is 2.64. The summed E-state index contributed by atoms with van der Waals surface area (Å²) >= 11 is 0. The van der Waals surface area contributed by atoms with Crippen LogP contribution >= 0.6 is 0 Å². The first-order chi connectivity index (χ1) is 7.85. The molecular formula is C12H19N3O. The molecule has 4 nitrogen and oxygen atoms in total. The fraction of sp³-hybridized carbons (Fsp3) is 0.583. The van der Waals surface area contributed by atoms with Crippen molar-refractivity contribution < 1.29 is 5.11 Å². The molecule has 1 aliphatic carbocycles. The molecule has 16 heavy (non-hydrogen) atoms. The number of pyridine rings is 1. The lowest BCUT2D eigenvalue weighted by Gasteiger charge is -2.23. The standard InChI is InChI=1S/C12H19N3O/c1-2-13-12-9-11(5-6-14-12)15(7-8-16)10-3-4-10/h5-6,9-10,16H,2-4,7-8H2,1H3,(H,13,14). The van der Waals surface area contributed by atoms with Gasteiger partial charge in [-0.1, -0.05) is 0 Å². The summed E-state index contributed by atoms with van der Waals surface area (Å²) in [5, 5.41) is 12.3. The fourth-order valence-corrected chi connectivity index (χ4v) is 1.89. The van der Waals surface area contributed by atoms with E-state index in [4.69, 9.17) is 5.11 Å². The van der Waals surface area contributed by atoms with Crippen LogP contribution in [0.15, 0.2) is 18.3 Å². The van der Waals surface area contributed by atoms with E-state index in [1.165, 1.54) is 12.8 Å². The molecule has 0 radical (unpaired) electrons. The third-order valence-electron chi connectivity index (χ3n) is 2.76. The Morgan fingerprint density at radius 2 is 2.38 bits per heavy atom. The van der Waals surface area contributed by atoms with E-state index >= 15 is 0 Å². The molecule has 0 aromatic carbocycles. The first-order valence-corrected chi connectivity index (χ1v) is 5.92. The normalized spacial score (nSPS) is 14.9. The SMILES string of the molecule is CCNc1cc(N(CCO)C2CC2)ccn1. The molecule has 0 atom stereocenters. The van der Waals surface area contributed by atoms with Gasteiger partial charge in [-0.25, -0.2) is 4.98 Å². The molecule has 0 amide bonds. The minimum Gasteiger partial charge on any atom is -0.395 e. The molecule has 88 valence electrons. The first-order valence-electron chi connectivity index (χ1n) is 5.92. The van der Waals surface area contributed by atoms with E-state index in [1.807, 2.05) is 12.3 Å². The summed E-state index contributed by atoms with van der Waals surface area (Å²) in [7, 11) is 0. The van der Waals surface area contributed by atoms with Gasteiger partial charge in [-0.05, 0) is 25.8 Å². The van der Waals surface area contributed by atoms with Crippen LogP contribution < -0.4 is 10.2 Å². The van der Waals surface area contributed by atoms with Crippen LogP contribution in [0.5, 0.6) is 0 Å². The lowest BCUT2D eigenvalue weighted by atomic mass is 10.3. The van der Waals surface area contributed by atoms with Gasteiger partial charge in [-0.3, -0.25) is 0 Å². The summed E-state index contributed by atoms with van der Waals surface area (Å²) in [6.45, 7) is 3.84. The van der Waals surface area contributed by atoms with Gasteiger partial charge in [0.1, 0.15) is 5.82 Å². The highest BCUT2D eigenvalue weighted by Crippen LogP contribution is 2.31. The molecule has 1 aliphatic rings. The van der Waals surface area contributed by atoms with Crippen molar-refractivity contribution in [3.05, 3.63) is 18.3 Å². The van der Waals surface area contributed by atoms with E-state index in [2.05, 4.69) is 28.2 Å². The van der Waals surface area contributed by atoms with Crippen molar-refractivity contribution >= 4 is 11.5 Å². The minimum absolute atomic E-state index is 0.204. The van der Waals surface area contributed by atoms with E-state index in [-0.39, 0.29) is 6.61 Å². The predicted molar refractivity (Wildman–Crippen MR) is 65.9 cm³/mol. The Kier molecular flexibility index (Phi) is 3.62. The Balaban J connectivity index is 2.12. The van der Waals surface area contributed by atoms with Gasteiger partial charge in [0.15, 0.2) is 0 Å². The number of aliphatic hydroxyl groups excluding tert-OH is 1. The van der Waals surface area contributed by atoms with Crippen molar-refractivity contribution in [3.63, 3.8) is 0 Å². The third-order valence-corrected chi connectivity index (χ3v) is 2.76. The number of rotatable bonds is 6. The Morgan fingerprint density at radius 1 is 1.56 bits per heavy atom. The van der Waals surface area contributed by atoms with Crippen LogP contribution in [0.2, 0.25) is 0 Å². The number of nitrogens with zero attached hydrogens (tertiary/aromatic N) is 2. The van der Waals surface area contributed by atoms with E-state index in [9.17, 15) is 0 Å². The van der Waals surface area contributed by atoms with Crippen molar-refractivity contribution in [2.75, 3.05) is 29.9 Å². The molecule has 1 aromatic heterocycles. The molecular weight excluding hydrogens is 202 g/mol. The molecule has 0 aliphatic heterocycles. The van der Waals surface area contributed by atoms with Gasteiger partial charge in [0.25, 0.3) is 0 Å². The molecule has 1 heterocycles. The van der Waals surface area contributed by atoms with Crippen molar-refractivity contribution in [3.8, 4) is 0 Å². The summed E-state index contributed by atoms with van der Waals surface area (Å²) < 4.78 is 0. The highest BCUT2D eigenvalue weighted by atomic mass is 16.3. The minimum atomic E-state index is 0.204. The Hall–Kier alpha value is -1.29. The molecule has 1 aromatic rings. The molecule has 0 saturated heterocycles.